The highest BCUT2D eigenvalue weighted by Gasteiger charge is 2.31. The van der Waals surface area contributed by atoms with Gasteiger partial charge in [-0.3, -0.25) is 0 Å². The lowest BCUT2D eigenvalue weighted by atomic mass is 10.2. The first-order valence-electron chi connectivity index (χ1n) is 5.51. The highest BCUT2D eigenvalue weighted by Crippen LogP contribution is 2.27. The van der Waals surface area contributed by atoms with Crippen LogP contribution < -0.4 is 0 Å². The van der Waals surface area contributed by atoms with Crippen LogP contribution in [0.3, 0.4) is 0 Å². The number of carbonyl (C=O) groups is 1. The number of nitrogens with zero attached hydrogens (tertiary/aromatic N) is 1. The number of aromatic carboxylic acids is 1. The fourth-order valence-electron chi connectivity index (χ4n) is 1.41. The van der Waals surface area contributed by atoms with Gasteiger partial charge in [-0.1, -0.05) is 0 Å². The van der Waals surface area contributed by atoms with Gasteiger partial charge in [-0.05, 0) is 34.1 Å². The first-order chi connectivity index (χ1) is 9.45. The van der Waals surface area contributed by atoms with Crippen LogP contribution in [0.4, 0.5) is 13.2 Å². The fourth-order valence-corrected chi connectivity index (χ4v) is 3.52. The van der Waals surface area contributed by atoms with Gasteiger partial charge in [-0.2, -0.15) is 13.2 Å². The molecule has 0 saturated heterocycles. The fraction of sp³-hybridized carbons (Fsp3) is 0.364. The molecule has 1 aromatic rings. The van der Waals surface area contributed by atoms with Crippen molar-refractivity contribution >= 4 is 31.9 Å². The van der Waals surface area contributed by atoms with E-state index in [-0.39, 0.29) is 10.0 Å². The third kappa shape index (κ3) is 4.68. The number of benzene rings is 1. The molecular weight excluding hydrogens is 379 g/mol. The summed E-state index contributed by atoms with van der Waals surface area (Å²) in [6.07, 6.45) is -5.77. The Balaban J connectivity index is 3.12. The van der Waals surface area contributed by atoms with Crippen molar-refractivity contribution in [1.29, 1.82) is 0 Å². The van der Waals surface area contributed by atoms with Gasteiger partial charge in [0.2, 0.25) is 10.0 Å². The predicted octanol–water partition coefficient (Wildman–Crippen LogP) is 2.72. The molecule has 0 fully saturated rings. The number of hydrogen-bond donors (Lipinski definition) is 1. The van der Waals surface area contributed by atoms with Crippen molar-refractivity contribution in [2.45, 2.75) is 17.5 Å². The summed E-state index contributed by atoms with van der Waals surface area (Å²) in [7, 11) is -3.22. The normalized spacial score (nSPS) is 12.7. The second kappa shape index (κ2) is 6.32. The van der Waals surface area contributed by atoms with Gasteiger partial charge in [0.1, 0.15) is 0 Å². The van der Waals surface area contributed by atoms with E-state index >= 15 is 0 Å². The Morgan fingerprint density at radius 2 is 1.95 bits per heavy atom. The molecule has 0 aliphatic heterocycles. The van der Waals surface area contributed by atoms with Crippen molar-refractivity contribution in [3.63, 3.8) is 0 Å². The largest absolute Gasteiger partial charge is 0.478 e. The highest BCUT2D eigenvalue weighted by atomic mass is 79.9. The average molecular weight is 390 g/mol. The number of carboxylic acid groups (broad SMARTS) is 1. The minimum atomic E-state index is -4.48. The second-order valence-corrected chi connectivity index (χ2v) is 7.01. The number of alkyl halides is 3. The van der Waals surface area contributed by atoms with Crippen molar-refractivity contribution in [2.24, 2.45) is 0 Å². The first-order valence-corrected chi connectivity index (χ1v) is 7.74. The van der Waals surface area contributed by atoms with Crippen molar-refractivity contribution in [3.8, 4) is 0 Å². The molecule has 1 N–H and O–H groups in total. The monoisotopic (exact) mass is 389 g/mol. The molecule has 10 heteroatoms. The SMILES string of the molecule is CN(CCC(F)(F)F)S(=O)(=O)c1cc(C(=O)O)ccc1Br. The van der Waals surface area contributed by atoms with Gasteiger partial charge in [-0.25, -0.2) is 17.5 Å². The summed E-state index contributed by atoms with van der Waals surface area (Å²) < 4.78 is 61.4. The molecule has 0 heterocycles. The lowest BCUT2D eigenvalue weighted by Gasteiger charge is -2.19. The van der Waals surface area contributed by atoms with Crippen LogP contribution in [0.1, 0.15) is 16.8 Å². The molecule has 5 nitrogen and oxygen atoms in total. The smallest absolute Gasteiger partial charge is 0.390 e. The molecule has 0 aromatic heterocycles. The van der Waals surface area contributed by atoms with Gasteiger partial charge < -0.3 is 5.11 Å². The molecule has 0 amide bonds. The van der Waals surface area contributed by atoms with Gasteiger partial charge in [0.05, 0.1) is 16.9 Å². The minimum absolute atomic E-state index is 0.0753. The zero-order valence-electron chi connectivity index (χ0n) is 10.7. The first kappa shape index (κ1) is 17.9. The molecular formula is C11H11BrF3NO4S. The van der Waals surface area contributed by atoms with Gasteiger partial charge in [0, 0.05) is 18.1 Å². The van der Waals surface area contributed by atoms with Gasteiger partial charge in [0.15, 0.2) is 0 Å². The van der Waals surface area contributed by atoms with Crippen LogP contribution in [-0.2, 0) is 10.0 Å². The van der Waals surface area contributed by atoms with E-state index in [0.29, 0.717) is 4.31 Å². The van der Waals surface area contributed by atoms with E-state index < -0.39 is 40.0 Å². The van der Waals surface area contributed by atoms with Gasteiger partial charge in [0.25, 0.3) is 0 Å². The summed E-state index contributed by atoms with van der Waals surface area (Å²) in [6.45, 7) is -0.754. The van der Waals surface area contributed by atoms with Crippen LogP contribution in [0.5, 0.6) is 0 Å². The molecule has 0 saturated carbocycles. The maximum Gasteiger partial charge on any atom is 0.390 e. The number of sulfonamides is 1. The van der Waals surface area contributed by atoms with Crippen LogP contribution in [0.25, 0.3) is 0 Å². The summed E-state index contributed by atoms with van der Waals surface area (Å²) in [4.78, 5) is 10.4. The summed E-state index contributed by atoms with van der Waals surface area (Å²) in [5.41, 5.74) is -0.277. The predicted molar refractivity (Wildman–Crippen MR) is 71.6 cm³/mol. The standard InChI is InChI=1S/C11H11BrF3NO4S/c1-16(5-4-11(13,14)15)21(19,20)9-6-7(10(17)18)2-3-8(9)12/h2-3,6H,4-5H2,1H3,(H,17,18). The van der Waals surface area contributed by atoms with Crippen LogP contribution in [0.15, 0.2) is 27.6 Å². The molecule has 0 radical (unpaired) electrons. The Morgan fingerprint density at radius 3 is 2.43 bits per heavy atom. The van der Waals surface area contributed by atoms with E-state index in [0.717, 1.165) is 13.1 Å². The number of hydrogen-bond acceptors (Lipinski definition) is 3. The van der Waals surface area contributed by atoms with E-state index in [1.165, 1.54) is 12.1 Å². The highest BCUT2D eigenvalue weighted by molar-refractivity contribution is 9.10. The Morgan fingerprint density at radius 1 is 1.38 bits per heavy atom. The second-order valence-electron chi connectivity index (χ2n) is 4.14. The molecule has 0 bridgehead atoms. The minimum Gasteiger partial charge on any atom is -0.478 e. The van der Waals surface area contributed by atoms with E-state index in [9.17, 15) is 26.4 Å². The Labute approximate surface area is 127 Å². The molecule has 118 valence electrons. The topological polar surface area (TPSA) is 74.7 Å². The van der Waals surface area contributed by atoms with E-state index in [1.54, 1.807) is 0 Å². The number of carboxylic acids is 1. The number of rotatable bonds is 5. The van der Waals surface area contributed by atoms with E-state index in [1.807, 2.05) is 0 Å². The number of halogens is 4. The third-order valence-corrected chi connectivity index (χ3v) is 5.43. The van der Waals surface area contributed by atoms with Gasteiger partial charge in [-0.15, -0.1) is 0 Å². The maximum absolute atomic E-state index is 12.2. The molecule has 1 rings (SSSR count). The molecule has 1 aromatic carbocycles. The molecule has 0 spiro atoms. The maximum atomic E-state index is 12.2. The summed E-state index contributed by atoms with van der Waals surface area (Å²) in [5, 5.41) is 8.84. The zero-order valence-corrected chi connectivity index (χ0v) is 13.1. The molecule has 0 aliphatic rings. The summed E-state index contributed by atoms with van der Waals surface area (Å²) >= 11 is 2.95. The van der Waals surface area contributed by atoms with E-state index in [2.05, 4.69) is 15.9 Å². The van der Waals surface area contributed by atoms with Crippen molar-refractivity contribution < 1.29 is 31.5 Å². The van der Waals surface area contributed by atoms with Crippen molar-refractivity contribution in [2.75, 3.05) is 13.6 Å². The van der Waals surface area contributed by atoms with Gasteiger partial charge >= 0.3 is 12.1 Å². The van der Waals surface area contributed by atoms with Crippen LogP contribution in [0, 0.1) is 0 Å². The Bertz CT molecular complexity index is 645. The Kier molecular flexibility index (Phi) is 5.40. The summed E-state index contributed by atoms with van der Waals surface area (Å²) in [6, 6.07) is 3.29. The lowest BCUT2D eigenvalue weighted by molar-refractivity contribution is -0.135. The molecule has 21 heavy (non-hydrogen) atoms. The lowest BCUT2D eigenvalue weighted by Crippen LogP contribution is -2.31. The van der Waals surface area contributed by atoms with Crippen LogP contribution in [0.2, 0.25) is 0 Å². The van der Waals surface area contributed by atoms with E-state index in [4.69, 9.17) is 5.11 Å². The quantitative estimate of drug-likeness (QED) is 0.839. The summed E-state index contributed by atoms with van der Waals surface area (Å²) in [5.74, 6) is -1.34. The average Bonchev–Trinajstić information content (AvgIpc) is 2.34. The molecule has 0 unspecified atom stereocenters. The third-order valence-electron chi connectivity index (χ3n) is 2.58. The molecule has 0 atom stereocenters. The zero-order chi connectivity index (χ0) is 16.4. The molecule has 0 aliphatic carbocycles. The van der Waals surface area contributed by atoms with Crippen LogP contribution >= 0.6 is 15.9 Å². The van der Waals surface area contributed by atoms with Crippen LogP contribution in [-0.4, -0.2) is 43.6 Å². The van der Waals surface area contributed by atoms with Crippen molar-refractivity contribution in [3.05, 3.63) is 28.2 Å². The Hall–Kier alpha value is -1.13. The van der Waals surface area contributed by atoms with Crippen molar-refractivity contribution in [1.82, 2.24) is 4.31 Å².